The van der Waals surface area contributed by atoms with Crippen LogP contribution < -0.4 is 27.4 Å². The van der Waals surface area contributed by atoms with Crippen LogP contribution in [0.1, 0.15) is 37.7 Å². The van der Waals surface area contributed by atoms with Gasteiger partial charge in [0.15, 0.2) is 5.96 Å². The third kappa shape index (κ3) is 10.6. The smallest absolute Gasteiger partial charge is 0.269 e. The number of carbonyl (C=O) groups is 3. The summed E-state index contributed by atoms with van der Waals surface area (Å²) in [6.45, 7) is 0.904. The fourth-order valence-corrected chi connectivity index (χ4v) is 3.77. The lowest BCUT2D eigenvalue weighted by atomic mass is 10.00. The Morgan fingerprint density at radius 3 is 2.31 bits per heavy atom. The number of amides is 3. The van der Waals surface area contributed by atoms with Crippen LogP contribution in [0.3, 0.4) is 0 Å². The first-order chi connectivity index (χ1) is 18.9. The van der Waals surface area contributed by atoms with E-state index in [1.54, 1.807) is 0 Å². The van der Waals surface area contributed by atoms with E-state index in [0.717, 1.165) is 16.7 Å². The van der Waals surface area contributed by atoms with Gasteiger partial charge in [-0.3, -0.25) is 24.7 Å². The molecule has 1 atom stereocenters. The molecule has 8 N–H and O–H groups in total. The van der Waals surface area contributed by atoms with Crippen LogP contribution in [-0.4, -0.2) is 63.4 Å². The molecule has 0 unspecified atom stereocenters. The summed E-state index contributed by atoms with van der Waals surface area (Å²) in [7, 11) is 0. The minimum atomic E-state index is -0.772. The Morgan fingerprint density at radius 2 is 1.62 bits per heavy atom. The highest BCUT2D eigenvalue weighted by Crippen LogP contribution is 2.20. The van der Waals surface area contributed by atoms with Crippen molar-refractivity contribution >= 4 is 29.6 Å². The molecule has 0 saturated carbocycles. The molecule has 3 amide bonds. The largest absolute Gasteiger partial charge is 0.370 e. The highest BCUT2D eigenvalue weighted by molar-refractivity contribution is 5.90. The molecule has 0 aliphatic rings. The van der Waals surface area contributed by atoms with Gasteiger partial charge in [0.1, 0.15) is 6.04 Å². The predicted molar refractivity (Wildman–Crippen MR) is 147 cm³/mol. The zero-order chi connectivity index (χ0) is 27.9. The molecular weight excluding hydrogens is 500 g/mol. The van der Waals surface area contributed by atoms with Gasteiger partial charge in [-0.05, 0) is 41.2 Å². The number of nitrogens with zero attached hydrogens (tertiary/aromatic N) is 4. The number of nitrogens with two attached hydrogens (primary N) is 2. The quantitative estimate of drug-likeness (QED) is 0.0934. The zero-order valence-electron chi connectivity index (χ0n) is 21.6. The molecule has 13 heteroatoms. The number of anilines is 1. The summed E-state index contributed by atoms with van der Waals surface area (Å²) < 4.78 is 0. The molecule has 0 bridgehead atoms. The number of hydrogen-bond acceptors (Lipinski definition) is 7. The van der Waals surface area contributed by atoms with Crippen LogP contribution in [0.15, 0.2) is 59.6 Å². The Kier molecular flexibility index (Phi) is 11.4. The van der Waals surface area contributed by atoms with Gasteiger partial charge in [-0.2, -0.15) is 5.21 Å². The zero-order valence-corrected chi connectivity index (χ0v) is 21.6. The number of unbranched alkanes of at least 4 members (excludes halogenated alkanes) is 1. The Labute approximate surface area is 226 Å². The van der Waals surface area contributed by atoms with E-state index in [-0.39, 0.29) is 42.5 Å². The van der Waals surface area contributed by atoms with Gasteiger partial charge in [-0.15, -0.1) is 5.10 Å². The Balaban J connectivity index is 1.54. The molecule has 3 rings (SSSR count). The van der Waals surface area contributed by atoms with E-state index in [1.807, 2.05) is 54.6 Å². The van der Waals surface area contributed by atoms with Crippen LogP contribution in [-0.2, 0) is 20.8 Å². The standard InChI is InChI=1S/C26H34N10O3/c27-25(28)30-16-5-4-15-29-24(39)21(17-18-11-13-20(14-12-18)19-7-2-1-3-8-19)31-22(37)9-6-10-23(38)32-26-33-35-36-34-26/h1-3,7-8,11-14,21H,4-6,9-10,15-17H2,(H,29,39)(H,31,37)(H4,27,28,30)(H2,32,33,34,35,36,38)/t21-/m1/s1. The highest BCUT2D eigenvalue weighted by atomic mass is 16.2. The summed E-state index contributed by atoms with van der Waals surface area (Å²) in [5.74, 6) is -0.841. The van der Waals surface area contributed by atoms with E-state index in [9.17, 15) is 14.4 Å². The Hall–Kier alpha value is -4.81. The second-order valence-corrected chi connectivity index (χ2v) is 8.83. The van der Waals surface area contributed by atoms with Crippen molar-refractivity contribution < 1.29 is 14.4 Å². The maximum atomic E-state index is 13.0. The maximum absolute atomic E-state index is 13.0. The topological polar surface area (TPSA) is 206 Å². The summed E-state index contributed by atoms with van der Waals surface area (Å²) in [5.41, 5.74) is 13.7. The van der Waals surface area contributed by atoms with E-state index >= 15 is 0 Å². The fourth-order valence-electron chi connectivity index (χ4n) is 3.77. The molecule has 0 aliphatic carbocycles. The van der Waals surface area contributed by atoms with Crippen LogP contribution in [0.2, 0.25) is 0 Å². The summed E-state index contributed by atoms with van der Waals surface area (Å²) in [4.78, 5) is 41.6. The van der Waals surface area contributed by atoms with Crippen molar-refractivity contribution in [2.24, 2.45) is 16.5 Å². The molecule has 1 aromatic heterocycles. The van der Waals surface area contributed by atoms with Gasteiger partial charge in [0.05, 0.1) is 0 Å². The molecule has 0 radical (unpaired) electrons. The van der Waals surface area contributed by atoms with Crippen molar-refractivity contribution in [1.82, 2.24) is 31.3 Å². The number of aromatic nitrogens is 4. The number of guanidine groups is 1. The minimum Gasteiger partial charge on any atom is -0.370 e. The van der Waals surface area contributed by atoms with E-state index in [4.69, 9.17) is 11.5 Å². The SMILES string of the molecule is NC(N)=NCCCCNC(=O)[C@@H](Cc1ccc(-c2ccccc2)cc1)NC(=O)CCCC(=O)Nc1nn[nH]n1. The number of aliphatic imine (C=N–C) groups is 1. The fraction of sp³-hybridized carbons (Fsp3) is 0.346. The maximum Gasteiger partial charge on any atom is 0.269 e. The number of carbonyl (C=O) groups excluding carboxylic acids is 3. The number of H-pyrrole nitrogens is 1. The van der Waals surface area contributed by atoms with E-state index < -0.39 is 6.04 Å². The van der Waals surface area contributed by atoms with Crippen LogP contribution in [0.5, 0.6) is 0 Å². The average molecular weight is 535 g/mol. The molecule has 13 nitrogen and oxygen atoms in total. The molecule has 0 fully saturated rings. The van der Waals surface area contributed by atoms with Crippen molar-refractivity contribution in [2.75, 3.05) is 18.4 Å². The van der Waals surface area contributed by atoms with Gasteiger partial charge in [0.2, 0.25) is 17.7 Å². The van der Waals surface area contributed by atoms with Crippen LogP contribution in [0, 0.1) is 0 Å². The van der Waals surface area contributed by atoms with Gasteiger partial charge < -0.3 is 22.1 Å². The summed E-state index contributed by atoms with van der Waals surface area (Å²) in [5, 5.41) is 21.1. The van der Waals surface area contributed by atoms with Crippen molar-refractivity contribution in [2.45, 2.75) is 44.6 Å². The molecule has 2 aromatic carbocycles. The normalized spacial score (nSPS) is 11.3. The van der Waals surface area contributed by atoms with E-state index in [2.05, 4.69) is 41.6 Å². The number of hydrogen-bond donors (Lipinski definition) is 6. The first kappa shape index (κ1) is 28.8. The monoisotopic (exact) mass is 534 g/mol. The van der Waals surface area contributed by atoms with Crippen LogP contribution in [0.25, 0.3) is 11.1 Å². The van der Waals surface area contributed by atoms with Crippen molar-refractivity contribution in [3.05, 3.63) is 60.2 Å². The molecular formula is C26H34N10O3. The first-order valence-electron chi connectivity index (χ1n) is 12.7. The summed E-state index contributed by atoms with van der Waals surface area (Å²) in [6, 6.07) is 17.1. The van der Waals surface area contributed by atoms with Crippen molar-refractivity contribution in [3.63, 3.8) is 0 Å². The number of nitrogens with one attached hydrogen (secondary N) is 4. The summed E-state index contributed by atoms with van der Waals surface area (Å²) >= 11 is 0. The third-order valence-corrected chi connectivity index (χ3v) is 5.74. The third-order valence-electron chi connectivity index (χ3n) is 5.74. The Morgan fingerprint density at radius 1 is 0.897 bits per heavy atom. The predicted octanol–water partition coefficient (Wildman–Crippen LogP) is 0.873. The number of rotatable bonds is 15. The minimum absolute atomic E-state index is 0.0346. The second kappa shape index (κ2) is 15.4. The van der Waals surface area contributed by atoms with Gasteiger partial charge in [-0.25, -0.2) is 0 Å². The number of tetrazole rings is 1. The van der Waals surface area contributed by atoms with Crippen molar-refractivity contribution in [3.8, 4) is 11.1 Å². The lowest BCUT2D eigenvalue weighted by molar-refractivity contribution is -0.129. The molecule has 0 aliphatic heterocycles. The number of aromatic amines is 1. The lowest BCUT2D eigenvalue weighted by Crippen LogP contribution is -2.48. The van der Waals surface area contributed by atoms with E-state index in [0.29, 0.717) is 38.8 Å². The van der Waals surface area contributed by atoms with Gasteiger partial charge >= 0.3 is 0 Å². The molecule has 1 heterocycles. The average Bonchev–Trinajstić information content (AvgIpc) is 3.44. The molecule has 3 aromatic rings. The van der Waals surface area contributed by atoms with Gasteiger partial charge in [0, 0.05) is 32.4 Å². The van der Waals surface area contributed by atoms with Crippen molar-refractivity contribution in [1.29, 1.82) is 0 Å². The lowest BCUT2D eigenvalue weighted by Gasteiger charge is -2.19. The Bertz CT molecular complexity index is 1210. The number of benzene rings is 2. The molecule has 0 spiro atoms. The second-order valence-electron chi connectivity index (χ2n) is 8.83. The van der Waals surface area contributed by atoms with Gasteiger partial charge in [-0.1, -0.05) is 59.7 Å². The summed E-state index contributed by atoms with van der Waals surface area (Å²) in [6.07, 6.45) is 2.18. The first-order valence-corrected chi connectivity index (χ1v) is 12.7. The van der Waals surface area contributed by atoms with Gasteiger partial charge in [0.25, 0.3) is 5.95 Å². The molecule has 206 valence electrons. The van der Waals surface area contributed by atoms with E-state index in [1.165, 1.54) is 0 Å². The molecule has 39 heavy (non-hydrogen) atoms. The molecule has 0 saturated heterocycles. The van der Waals surface area contributed by atoms with Crippen LogP contribution in [0.4, 0.5) is 5.95 Å². The highest BCUT2D eigenvalue weighted by Gasteiger charge is 2.21. The van der Waals surface area contributed by atoms with Crippen LogP contribution >= 0.6 is 0 Å².